The van der Waals surface area contributed by atoms with E-state index in [1.165, 1.54) is 0 Å². The van der Waals surface area contributed by atoms with Gasteiger partial charge in [0.15, 0.2) is 5.75 Å². The second-order valence-corrected chi connectivity index (χ2v) is 6.57. The van der Waals surface area contributed by atoms with Crippen molar-refractivity contribution in [2.45, 2.75) is 39.2 Å². The predicted octanol–water partition coefficient (Wildman–Crippen LogP) is 3.88. The van der Waals surface area contributed by atoms with Gasteiger partial charge in [-0.15, -0.1) is 0 Å². The van der Waals surface area contributed by atoms with Crippen molar-refractivity contribution in [1.82, 2.24) is 10.2 Å². The minimum atomic E-state index is 0.284. The molecular formula is C17H24Cl2N2O2. The molecule has 1 N–H and O–H groups in total. The maximum atomic E-state index is 11.5. The molecule has 0 spiro atoms. The van der Waals surface area contributed by atoms with Crippen LogP contribution in [0.25, 0.3) is 0 Å². The van der Waals surface area contributed by atoms with Crippen LogP contribution in [0.5, 0.6) is 5.75 Å². The summed E-state index contributed by atoms with van der Waals surface area (Å²) in [5.41, 5.74) is 1.03. The first kappa shape index (κ1) is 18.4. The number of hydrogen-bond acceptors (Lipinski definition) is 3. The van der Waals surface area contributed by atoms with E-state index in [-0.39, 0.29) is 5.91 Å². The molecule has 4 nitrogen and oxygen atoms in total. The number of rotatable bonds is 9. The zero-order chi connectivity index (χ0) is 16.7. The molecule has 23 heavy (non-hydrogen) atoms. The fourth-order valence-electron chi connectivity index (χ4n) is 2.62. The number of benzene rings is 1. The molecule has 0 atom stereocenters. The first-order chi connectivity index (χ1) is 11.1. The van der Waals surface area contributed by atoms with Crippen molar-refractivity contribution in [3.8, 4) is 5.75 Å². The SMILES string of the molecule is CCCOc1c(Cl)cc(CNCCCN2CCCC2=O)cc1Cl. The van der Waals surface area contributed by atoms with Crippen LogP contribution in [-0.4, -0.2) is 37.0 Å². The molecule has 0 unspecified atom stereocenters. The van der Waals surface area contributed by atoms with E-state index in [0.717, 1.165) is 44.5 Å². The minimum Gasteiger partial charge on any atom is -0.490 e. The number of carbonyl (C=O) groups is 1. The molecule has 1 fully saturated rings. The van der Waals surface area contributed by atoms with Crippen molar-refractivity contribution in [2.75, 3.05) is 26.2 Å². The van der Waals surface area contributed by atoms with E-state index in [1.807, 2.05) is 24.0 Å². The topological polar surface area (TPSA) is 41.6 Å². The Morgan fingerprint density at radius 2 is 2.04 bits per heavy atom. The predicted molar refractivity (Wildman–Crippen MR) is 94.4 cm³/mol. The highest BCUT2D eigenvalue weighted by atomic mass is 35.5. The molecule has 1 aliphatic heterocycles. The van der Waals surface area contributed by atoms with Gasteiger partial charge in [-0.2, -0.15) is 0 Å². The Morgan fingerprint density at radius 1 is 1.30 bits per heavy atom. The van der Waals surface area contributed by atoms with Crippen LogP contribution in [0.3, 0.4) is 0 Å². The van der Waals surface area contributed by atoms with Gasteiger partial charge in [0.05, 0.1) is 16.7 Å². The van der Waals surface area contributed by atoms with E-state index >= 15 is 0 Å². The number of halogens is 2. The summed E-state index contributed by atoms with van der Waals surface area (Å²) < 4.78 is 5.56. The smallest absolute Gasteiger partial charge is 0.222 e. The number of carbonyl (C=O) groups excluding carboxylic acids is 1. The van der Waals surface area contributed by atoms with Gasteiger partial charge in [-0.1, -0.05) is 30.1 Å². The van der Waals surface area contributed by atoms with Gasteiger partial charge >= 0.3 is 0 Å². The molecule has 0 radical (unpaired) electrons. The molecule has 2 rings (SSSR count). The largest absolute Gasteiger partial charge is 0.490 e. The first-order valence-electron chi connectivity index (χ1n) is 8.21. The maximum absolute atomic E-state index is 11.5. The fourth-order valence-corrected chi connectivity index (χ4v) is 3.27. The monoisotopic (exact) mass is 358 g/mol. The molecule has 0 aliphatic carbocycles. The van der Waals surface area contributed by atoms with Gasteiger partial charge in [0, 0.05) is 26.1 Å². The Balaban J connectivity index is 1.74. The number of likely N-dealkylation sites (tertiary alicyclic amines) is 1. The average molecular weight is 359 g/mol. The quantitative estimate of drug-likeness (QED) is 0.681. The highest BCUT2D eigenvalue weighted by molar-refractivity contribution is 6.37. The van der Waals surface area contributed by atoms with Crippen molar-refractivity contribution >= 4 is 29.1 Å². The van der Waals surface area contributed by atoms with Crippen LogP contribution in [0.15, 0.2) is 12.1 Å². The van der Waals surface area contributed by atoms with E-state index in [0.29, 0.717) is 35.4 Å². The summed E-state index contributed by atoms with van der Waals surface area (Å²) >= 11 is 12.5. The summed E-state index contributed by atoms with van der Waals surface area (Å²) in [6.07, 6.45) is 3.56. The summed E-state index contributed by atoms with van der Waals surface area (Å²) in [7, 11) is 0. The molecule has 0 saturated carbocycles. The number of nitrogens with one attached hydrogen (secondary N) is 1. The van der Waals surface area contributed by atoms with Crippen molar-refractivity contribution in [2.24, 2.45) is 0 Å². The molecular weight excluding hydrogens is 335 g/mol. The van der Waals surface area contributed by atoms with E-state index in [1.54, 1.807) is 0 Å². The van der Waals surface area contributed by atoms with Crippen molar-refractivity contribution < 1.29 is 9.53 Å². The number of amides is 1. The third-order valence-electron chi connectivity index (χ3n) is 3.79. The van der Waals surface area contributed by atoms with Gasteiger partial charge < -0.3 is 15.0 Å². The fraction of sp³-hybridized carbons (Fsp3) is 0.588. The second kappa shape index (κ2) is 9.36. The summed E-state index contributed by atoms with van der Waals surface area (Å²) in [5.74, 6) is 0.845. The molecule has 1 aliphatic rings. The van der Waals surface area contributed by atoms with Crippen molar-refractivity contribution in [3.63, 3.8) is 0 Å². The molecule has 1 amide bonds. The van der Waals surface area contributed by atoms with Crippen LogP contribution in [-0.2, 0) is 11.3 Å². The van der Waals surface area contributed by atoms with Crippen LogP contribution in [0.4, 0.5) is 0 Å². The van der Waals surface area contributed by atoms with Gasteiger partial charge in [-0.05, 0) is 43.5 Å². The molecule has 1 aromatic rings. The Labute approximate surface area is 148 Å². The van der Waals surface area contributed by atoms with E-state index in [9.17, 15) is 4.79 Å². The number of ether oxygens (including phenoxy) is 1. The Bertz CT molecular complexity index is 514. The molecule has 1 aromatic carbocycles. The summed E-state index contributed by atoms with van der Waals surface area (Å²) in [5, 5.41) is 4.45. The minimum absolute atomic E-state index is 0.284. The van der Waals surface area contributed by atoms with E-state index in [4.69, 9.17) is 27.9 Å². The van der Waals surface area contributed by atoms with Gasteiger partial charge in [0.25, 0.3) is 0 Å². The third-order valence-corrected chi connectivity index (χ3v) is 4.35. The van der Waals surface area contributed by atoms with Gasteiger partial charge in [-0.3, -0.25) is 4.79 Å². The summed E-state index contributed by atoms with van der Waals surface area (Å²) in [4.78, 5) is 13.4. The zero-order valence-electron chi connectivity index (χ0n) is 13.5. The lowest BCUT2D eigenvalue weighted by Crippen LogP contribution is -2.28. The average Bonchev–Trinajstić information content (AvgIpc) is 2.91. The third kappa shape index (κ3) is 5.55. The number of hydrogen-bond donors (Lipinski definition) is 1. The molecule has 6 heteroatoms. The van der Waals surface area contributed by atoms with Gasteiger partial charge in [0.2, 0.25) is 5.91 Å². The Morgan fingerprint density at radius 3 is 2.65 bits per heavy atom. The molecule has 0 aromatic heterocycles. The molecule has 128 valence electrons. The molecule has 1 saturated heterocycles. The molecule has 1 heterocycles. The number of nitrogens with zero attached hydrogens (tertiary/aromatic N) is 1. The Hall–Kier alpha value is -0.970. The maximum Gasteiger partial charge on any atom is 0.222 e. The lowest BCUT2D eigenvalue weighted by molar-refractivity contribution is -0.127. The summed E-state index contributed by atoms with van der Waals surface area (Å²) in [6.45, 7) is 5.93. The standard InChI is InChI=1S/C17H24Cl2N2O2/c1-2-9-23-17-14(18)10-13(11-15(17)19)12-20-6-4-8-21-7-3-5-16(21)22/h10-11,20H,2-9,12H2,1H3. The van der Waals surface area contributed by atoms with Crippen molar-refractivity contribution in [3.05, 3.63) is 27.7 Å². The second-order valence-electron chi connectivity index (χ2n) is 5.75. The van der Waals surface area contributed by atoms with Crippen LogP contribution in [0, 0.1) is 0 Å². The lowest BCUT2D eigenvalue weighted by atomic mass is 10.2. The summed E-state index contributed by atoms with van der Waals surface area (Å²) in [6, 6.07) is 3.77. The highest BCUT2D eigenvalue weighted by Crippen LogP contribution is 2.34. The highest BCUT2D eigenvalue weighted by Gasteiger charge is 2.18. The zero-order valence-corrected chi connectivity index (χ0v) is 15.1. The van der Waals surface area contributed by atoms with E-state index < -0.39 is 0 Å². The van der Waals surface area contributed by atoms with Gasteiger partial charge in [0.1, 0.15) is 0 Å². The molecule has 0 bridgehead atoms. The normalized spacial score (nSPS) is 14.6. The Kier molecular flexibility index (Phi) is 7.47. The van der Waals surface area contributed by atoms with Crippen LogP contribution in [0.1, 0.15) is 38.2 Å². The van der Waals surface area contributed by atoms with E-state index in [2.05, 4.69) is 5.32 Å². The van der Waals surface area contributed by atoms with Crippen molar-refractivity contribution in [1.29, 1.82) is 0 Å². The van der Waals surface area contributed by atoms with Crippen LogP contribution < -0.4 is 10.1 Å². The van der Waals surface area contributed by atoms with Crippen LogP contribution >= 0.6 is 23.2 Å². The first-order valence-corrected chi connectivity index (χ1v) is 8.96. The van der Waals surface area contributed by atoms with Gasteiger partial charge in [-0.25, -0.2) is 0 Å². The lowest BCUT2D eigenvalue weighted by Gasteiger charge is -2.15. The van der Waals surface area contributed by atoms with Crippen LogP contribution in [0.2, 0.25) is 10.0 Å².